The summed E-state index contributed by atoms with van der Waals surface area (Å²) in [5.41, 5.74) is 8.70. The summed E-state index contributed by atoms with van der Waals surface area (Å²) in [6.45, 7) is 16.1. The number of furan rings is 1. The molecule has 5 rings (SSSR count). The zero-order chi connectivity index (χ0) is 25.2. The van der Waals surface area contributed by atoms with E-state index in [0.29, 0.717) is 11.5 Å². The molecule has 35 heavy (non-hydrogen) atoms. The van der Waals surface area contributed by atoms with Gasteiger partial charge in [-0.1, -0.05) is 44.7 Å². The predicted molar refractivity (Wildman–Crippen MR) is 149 cm³/mol. The van der Waals surface area contributed by atoms with Gasteiger partial charge < -0.3 is 4.42 Å². The fourth-order valence-corrected chi connectivity index (χ4v) is 6.44. The van der Waals surface area contributed by atoms with Crippen molar-refractivity contribution in [3.63, 3.8) is 0 Å². The van der Waals surface area contributed by atoms with Gasteiger partial charge in [-0.25, -0.2) is 4.39 Å². The van der Waals surface area contributed by atoms with Crippen LogP contribution in [0.2, 0.25) is 19.6 Å². The number of hydrogen-bond acceptors (Lipinski definition) is 1. The van der Waals surface area contributed by atoms with Gasteiger partial charge >= 0.3 is 0 Å². The molecule has 0 fully saturated rings. The molecule has 180 valence electrons. The van der Waals surface area contributed by atoms with E-state index >= 15 is 0 Å². The van der Waals surface area contributed by atoms with E-state index in [1.54, 1.807) is 0 Å². The molecule has 5 aromatic rings. The number of hydrogen-bond donors (Lipinski definition) is 0. The average Bonchev–Trinajstić information content (AvgIpc) is 3.12. The number of benzene rings is 3. The first kappa shape index (κ1) is 23.7. The number of rotatable bonds is 4. The van der Waals surface area contributed by atoms with Crippen LogP contribution in [0.25, 0.3) is 44.1 Å². The fourth-order valence-electron chi connectivity index (χ4n) is 5.29. The van der Waals surface area contributed by atoms with Crippen LogP contribution in [0.1, 0.15) is 30.5 Å². The van der Waals surface area contributed by atoms with Crippen molar-refractivity contribution in [3.05, 3.63) is 71.0 Å². The maximum Gasteiger partial charge on any atom is 0.217 e. The average molecular weight is 485 g/mol. The molecule has 0 aliphatic heterocycles. The number of pyridine rings is 1. The summed E-state index contributed by atoms with van der Waals surface area (Å²) < 4.78 is 22.7. The Morgan fingerprint density at radius 3 is 2.31 bits per heavy atom. The van der Waals surface area contributed by atoms with Crippen LogP contribution in [0.15, 0.2) is 52.9 Å². The molecular weight excluding hydrogens is 449 g/mol. The van der Waals surface area contributed by atoms with Gasteiger partial charge in [-0.15, -0.1) is 0 Å². The lowest BCUT2D eigenvalue weighted by Gasteiger charge is -2.18. The highest BCUT2D eigenvalue weighted by Gasteiger charge is 2.27. The summed E-state index contributed by atoms with van der Waals surface area (Å²) in [5, 5.41) is 4.77. The Hall–Kier alpha value is -2.98. The van der Waals surface area contributed by atoms with Gasteiger partial charge in [-0.3, -0.25) is 0 Å². The topological polar surface area (TPSA) is 17.0 Å². The van der Waals surface area contributed by atoms with Crippen molar-refractivity contribution in [2.75, 3.05) is 0 Å². The van der Waals surface area contributed by atoms with Crippen LogP contribution < -0.4 is 9.75 Å². The first-order valence-corrected chi connectivity index (χ1v) is 16.0. The zero-order valence-corrected chi connectivity index (χ0v) is 23.1. The van der Waals surface area contributed by atoms with Crippen molar-refractivity contribution in [2.24, 2.45) is 13.0 Å². The van der Waals surface area contributed by atoms with Crippen LogP contribution in [0.4, 0.5) is 4.39 Å². The number of aryl methyl sites for hydroxylation is 2. The van der Waals surface area contributed by atoms with Gasteiger partial charge in [0.15, 0.2) is 0 Å². The maximum atomic E-state index is 14.0. The highest BCUT2D eigenvalue weighted by molar-refractivity contribution is 6.88. The Morgan fingerprint density at radius 1 is 0.914 bits per heavy atom. The van der Waals surface area contributed by atoms with Gasteiger partial charge in [0.05, 0.1) is 13.6 Å². The van der Waals surface area contributed by atoms with Gasteiger partial charge in [0.2, 0.25) is 11.2 Å². The number of nitrogens with zero attached hydrogens (tertiary/aromatic N) is 1. The van der Waals surface area contributed by atoms with E-state index in [1.165, 1.54) is 44.9 Å². The maximum absolute atomic E-state index is 14.0. The van der Waals surface area contributed by atoms with Gasteiger partial charge in [-0.2, -0.15) is 4.57 Å². The van der Waals surface area contributed by atoms with E-state index in [-0.39, 0.29) is 5.82 Å². The van der Waals surface area contributed by atoms with E-state index in [2.05, 4.69) is 89.3 Å². The smallest absolute Gasteiger partial charge is 0.217 e. The van der Waals surface area contributed by atoms with Gasteiger partial charge in [-0.05, 0) is 67.1 Å². The molecular formula is C31H35FNOSi+. The lowest BCUT2D eigenvalue weighted by atomic mass is 9.92. The second kappa shape index (κ2) is 8.30. The largest absolute Gasteiger partial charge is 0.455 e. The Morgan fingerprint density at radius 2 is 1.63 bits per heavy atom. The standard InChI is InChI=1S/C31H35FNOSi/c1-18(2)13-21-15-28(33(5)27-17-23(35(6,7)8)10-12-24(21)27)30-20(4)19(3)14-26-25-11-9-22(32)16-29(25)34-31(26)30/h9-12,14-18H,13H2,1-8H3/q+1. The minimum Gasteiger partial charge on any atom is -0.455 e. The number of aromatic nitrogens is 1. The first-order valence-electron chi connectivity index (χ1n) is 12.5. The van der Waals surface area contributed by atoms with E-state index < -0.39 is 8.07 Å². The molecule has 0 amide bonds. The molecule has 0 aliphatic rings. The van der Waals surface area contributed by atoms with Crippen LogP contribution in [0.3, 0.4) is 0 Å². The summed E-state index contributed by atoms with van der Waals surface area (Å²) in [4.78, 5) is 0. The second-order valence-electron chi connectivity index (χ2n) is 11.5. The SMILES string of the molecule is Cc1cc2c(oc3cc(F)ccc32)c(-c2cc(CC(C)C)c3ccc([Si](C)(C)C)cc3[n+]2C)c1C. The fraction of sp³-hybridized carbons (Fsp3) is 0.323. The Kier molecular flexibility index (Phi) is 5.63. The quantitative estimate of drug-likeness (QED) is 0.188. The van der Waals surface area contributed by atoms with Crippen molar-refractivity contribution in [2.45, 2.75) is 53.8 Å². The number of halogens is 1. The van der Waals surface area contributed by atoms with E-state index in [1.807, 2.05) is 6.07 Å². The summed E-state index contributed by atoms with van der Waals surface area (Å²) in [7, 11) is 0.689. The lowest BCUT2D eigenvalue weighted by molar-refractivity contribution is -0.633. The molecule has 0 N–H and O–H groups in total. The van der Waals surface area contributed by atoms with Crippen molar-refractivity contribution in [3.8, 4) is 11.3 Å². The van der Waals surface area contributed by atoms with Gasteiger partial charge in [0, 0.05) is 34.4 Å². The molecule has 0 aliphatic carbocycles. The minimum atomic E-state index is -1.48. The van der Waals surface area contributed by atoms with Crippen LogP contribution in [0, 0.1) is 25.6 Å². The van der Waals surface area contributed by atoms with Gasteiger partial charge in [0.25, 0.3) is 0 Å². The molecule has 0 saturated carbocycles. The molecule has 0 unspecified atom stereocenters. The van der Waals surface area contributed by atoms with Crippen molar-refractivity contribution < 1.29 is 13.4 Å². The monoisotopic (exact) mass is 484 g/mol. The Labute approximate surface area is 208 Å². The zero-order valence-electron chi connectivity index (χ0n) is 22.1. The molecule has 3 aromatic carbocycles. The van der Waals surface area contributed by atoms with Crippen LogP contribution in [0.5, 0.6) is 0 Å². The molecule has 0 saturated heterocycles. The highest BCUT2D eigenvalue weighted by Crippen LogP contribution is 2.39. The Bertz CT molecular complexity index is 1620. The molecule has 0 atom stereocenters. The van der Waals surface area contributed by atoms with Crippen LogP contribution in [-0.2, 0) is 13.5 Å². The molecule has 0 spiro atoms. The minimum absolute atomic E-state index is 0.277. The summed E-state index contributed by atoms with van der Waals surface area (Å²) in [6, 6.07) is 16.4. The summed E-state index contributed by atoms with van der Waals surface area (Å²) in [6.07, 6.45) is 1.01. The van der Waals surface area contributed by atoms with Crippen molar-refractivity contribution in [1.82, 2.24) is 0 Å². The van der Waals surface area contributed by atoms with Crippen molar-refractivity contribution in [1.29, 1.82) is 0 Å². The highest BCUT2D eigenvalue weighted by atomic mass is 28.3. The van der Waals surface area contributed by atoms with Crippen molar-refractivity contribution >= 4 is 46.1 Å². The van der Waals surface area contributed by atoms with E-state index in [0.717, 1.165) is 34.0 Å². The summed E-state index contributed by atoms with van der Waals surface area (Å²) in [5.74, 6) is 0.268. The Balaban J connectivity index is 1.92. The molecule has 2 nitrogen and oxygen atoms in total. The molecule has 2 aromatic heterocycles. The van der Waals surface area contributed by atoms with E-state index in [4.69, 9.17) is 4.42 Å². The third kappa shape index (κ3) is 3.98. The van der Waals surface area contributed by atoms with Crippen LogP contribution in [-0.4, -0.2) is 8.07 Å². The first-order chi connectivity index (χ1) is 16.5. The normalized spacial score (nSPS) is 12.5. The molecule has 2 heterocycles. The third-order valence-corrected chi connectivity index (χ3v) is 9.42. The van der Waals surface area contributed by atoms with Crippen LogP contribution >= 0.6 is 0 Å². The lowest BCUT2D eigenvalue weighted by Crippen LogP contribution is -2.40. The molecule has 0 bridgehead atoms. The van der Waals surface area contributed by atoms with Gasteiger partial charge in [0.1, 0.15) is 24.0 Å². The molecule has 4 heteroatoms. The number of fused-ring (bicyclic) bond motifs is 4. The third-order valence-electron chi connectivity index (χ3n) is 7.37. The molecule has 0 radical (unpaired) electrons. The predicted octanol–water partition coefficient (Wildman–Crippen LogP) is 7.73. The summed E-state index contributed by atoms with van der Waals surface area (Å²) >= 11 is 0. The van der Waals surface area contributed by atoms with E-state index in [9.17, 15) is 4.39 Å². The second-order valence-corrected chi connectivity index (χ2v) is 16.6.